The molecule has 0 amide bonds. The molecule has 0 unspecified atom stereocenters. The van der Waals surface area contributed by atoms with Gasteiger partial charge in [0.1, 0.15) is 0 Å². The molecule has 0 radical (unpaired) electrons. The number of rotatable bonds is 5. The zero-order valence-corrected chi connectivity index (χ0v) is 12.0. The van der Waals surface area contributed by atoms with Crippen LogP contribution in [-0.2, 0) is 5.54 Å². The molecule has 0 aliphatic heterocycles. The summed E-state index contributed by atoms with van der Waals surface area (Å²) < 4.78 is 26.6. The van der Waals surface area contributed by atoms with Crippen molar-refractivity contribution in [1.82, 2.24) is 9.55 Å². The van der Waals surface area contributed by atoms with E-state index in [9.17, 15) is 13.6 Å². The SMILES string of the molecule is CC(C)(C)n1ccnc(N(CCCl)CC(F)F)c1=O. The molecule has 0 saturated carbocycles. The molecule has 0 aliphatic carbocycles. The lowest BCUT2D eigenvalue weighted by atomic mass is 10.1. The molecule has 1 aromatic heterocycles. The van der Waals surface area contributed by atoms with Crippen molar-refractivity contribution < 1.29 is 8.78 Å². The van der Waals surface area contributed by atoms with Crippen LogP contribution in [0, 0.1) is 0 Å². The molecule has 4 nitrogen and oxygen atoms in total. The van der Waals surface area contributed by atoms with Crippen molar-refractivity contribution in [2.75, 3.05) is 23.9 Å². The maximum absolute atomic E-state index is 12.5. The lowest BCUT2D eigenvalue weighted by Crippen LogP contribution is -2.41. The molecule has 0 spiro atoms. The quantitative estimate of drug-likeness (QED) is 0.782. The maximum Gasteiger partial charge on any atom is 0.293 e. The molecule has 0 bridgehead atoms. The van der Waals surface area contributed by atoms with E-state index in [1.54, 1.807) is 6.20 Å². The predicted octanol–water partition coefficient (Wildman–Crippen LogP) is 2.31. The van der Waals surface area contributed by atoms with E-state index in [1.165, 1.54) is 15.7 Å². The van der Waals surface area contributed by atoms with Crippen LogP contribution < -0.4 is 10.5 Å². The van der Waals surface area contributed by atoms with E-state index < -0.39 is 18.5 Å². The zero-order chi connectivity index (χ0) is 14.6. The summed E-state index contributed by atoms with van der Waals surface area (Å²) in [5, 5.41) is 0. The molecule has 0 atom stereocenters. The third kappa shape index (κ3) is 4.16. The Morgan fingerprint density at radius 1 is 1.47 bits per heavy atom. The Morgan fingerprint density at radius 2 is 2.11 bits per heavy atom. The highest BCUT2D eigenvalue weighted by Crippen LogP contribution is 2.13. The molecule has 0 aliphatic rings. The van der Waals surface area contributed by atoms with Crippen LogP contribution in [0.2, 0.25) is 0 Å². The minimum absolute atomic E-state index is 0.0124. The first-order valence-corrected chi connectivity index (χ1v) is 6.48. The lowest BCUT2D eigenvalue weighted by Gasteiger charge is -2.26. The minimum Gasteiger partial charge on any atom is -0.345 e. The largest absolute Gasteiger partial charge is 0.345 e. The summed E-state index contributed by atoms with van der Waals surface area (Å²) in [6.07, 6.45) is 0.439. The monoisotopic (exact) mass is 293 g/mol. The van der Waals surface area contributed by atoms with E-state index in [-0.39, 0.29) is 23.8 Å². The Bertz CT molecular complexity index is 471. The van der Waals surface area contributed by atoms with Gasteiger partial charge in [-0.2, -0.15) is 0 Å². The average Bonchev–Trinajstić information content (AvgIpc) is 2.26. The second-order valence-electron chi connectivity index (χ2n) is 5.12. The highest BCUT2D eigenvalue weighted by atomic mass is 35.5. The highest BCUT2D eigenvalue weighted by molar-refractivity contribution is 6.18. The molecule has 1 rings (SSSR count). The number of aromatic nitrogens is 2. The number of anilines is 1. The Morgan fingerprint density at radius 3 is 2.58 bits per heavy atom. The fourth-order valence-corrected chi connectivity index (χ4v) is 1.90. The number of hydrogen-bond donors (Lipinski definition) is 0. The molecule has 0 saturated heterocycles. The van der Waals surface area contributed by atoms with Crippen molar-refractivity contribution in [3.63, 3.8) is 0 Å². The van der Waals surface area contributed by atoms with Crippen molar-refractivity contribution in [3.05, 3.63) is 22.7 Å². The van der Waals surface area contributed by atoms with Crippen LogP contribution in [0.15, 0.2) is 17.2 Å². The molecule has 0 fully saturated rings. The molecule has 0 N–H and O–H groups in total. The summed E-state index contributed by atoms with van der Waals surface area (Å²) in [7, 11) is 0. The molecule has 1 aromatic rings. The molecular weight excluding hydrogens is 276 g/mol. The summed E-state index contributed by atoms with van der Waals surface area (Å²) in [6.45, 7) is 5.18. The van der Waals surface area contributed by atoms with E-state index in [1.807, 2.05) is 20.8 Å². The van der Waals surface area contributed by atoms with Gasteiger partial charge >= 0.3 is 0 Å². The van der Waals surface area contributed by atoms with Crippen molar-refractivity contribution in [3.8, 4) is 0 Å². The van der Waals surface area contributed by atoms with Crippen molar-refractivity contribution in [2.45, 2.75) is 32.7 Å². The van der Waals surface area contributed by atoms with Crippen LogP contribution in [0.4, 0.5) is 14.6 Å². The second-order valence-corrected chi connectivity index (χ2v) is 5.50. The van der Waals surface area contributed by atoms with Gasteiger partial charge in [-0.15, -0.1) is 11.6 Å². The van der Waals surface area contributed by atoms with E-state index in [0.29, 0.717) is 0 Å². The van der Waals surface area contributed by atoms with Crippen LogP contribution in [0.5, 0.6) is 0 Å². The van der Waals surface area contributed by atoms with E-state index >= 15 is 0 Å². The van der Waals surface area contributed by atoms with Gasteiger partial charge in [0, 0.05) is 30.4 Å². The predicted molar refractivity (Wildman–Crippen MR) is 72.4 cm³/mol. The summed E-state index contributed by atoms with van der Waals surface area (Å²) in [4.78, 5) is 17.4. The lowest BCUT2D eigenvalue weighted by molar-refractivity contribution is 0.155. The van der Waals surface area contributed by atoms with Crippen LogP contribution in [0.25, 0.3) is 0 Å². The van der Waals surface area contributed by atoms with Gasteiger partial charge < -0.3 is 9.47 Å². The molecule has 7 heteroatoms. The number of halogens is 3. The van der Waals surface area contributed by atoms with Crippen molar-refractivity contribution >= 4 is 17.4 Å². The maximum atomic E-state index is 12.5. The number of nitrogens with zero attached hydrogens (tertiary/aromatic N) is 3. The molecule has 19 heavy (non-hydrogen) atoms. The average molecular weight is 294 g/mol. The van der Waals surface area contributed by atoms with Crippen LogP contribution in [0.1, 0.15) is 20.8 Å². The molecule has 1 heterocycles. The van der Waals surface area contributed by atoms with E-state index in [2.05, 4.69) is 4.98 Å². The Balaban J connectivity index is 3.21. The summed E-state index contributed by atoms with van der Waals surface area (Å²) in [6, 6.07) is 0. The van der Waals surface area contributed by atoms with Gasteiger partial charge in [-0.05, 0) is 20.8 Å². The van der Waals surface area contributed by atoms with Crippen LogP contribution in [0.3, 0.4) is 0 Å². The molecule has 108 valence electrons. The fraction of sp³-hybridized carbons (Fsp3) is 0.667. The van der Waals surface area contributed by atoms with Crippen molar-refractivity contribution in [1.29, 1.82) is 0 Å². The summed E-state index contributed by atoms with van der Waals surface area (Å²) >= 11 is 5.59. The highest BCUT2D eigenvalue weighted by Gasteiger charge is 2.21. The van der Waals surface area contributed by atoms with E-state index in [0.717, 1.165) is 0 Å². The van der Waals surface area contributed by atoms with Gasteiger partial charge in [-0.1, -0.05) is 0 Å². The Labute approximate surface area is 116 Å². The topological polar surface area (TPSA) is 38.1 Å². The third-order valence-electron chi connectivity index (χ3n) is 2.56. The Kier molecular flexibility index (Phi) is 5.29. The normalized spacial score (nSPS) is 11.9. The molecular formula is C12H18ClF2N3O. The fourth-order valence-electron chi connectivity index (χ4n) is 1.70. The van der Waals surface area contributed by atoms with Gasteiger partial charge in [-0.3, -0.25) is 4.79 Å². The number of hydrogen-bond acceptors (Lipinski definition) is 3. The van der Waals surface area contributed by atoms with Crippen LogP contribution in [-0.4, -0.2) is 34.9 Å². The smallest absolute Gasteiger partial charge is 0.293 e. The number of alkyl halides is 3. The second kappa shape index (κ2) is 6.32. The third-order valence-corrected chi connectivity index (χ3v) is 2.73. The van der Waals surface area contributed by atoms with Gasteiger partial charge in [-0.25, -0.2) is 13.8 Å². The standard InChI is InChI=1S/C12H18ClF2N3O/c1-12(2,3)18-7-5-16-10(11(18)19)17(6-4-13)8-9(14)15/h5,7,9H,4,6,8H2,1-3H3. The Hall–Kier alpha value is -1.17. The summed E-state index contributed by atoms with van der Waals surface area (Å²) in [5.74, 6) is 0.163. The van der Waals surface area contributed by atoms with Crippen molar-refractivity contribution in [2.24, 2.45) is 0 Å². The first kappa shape index (κ1) is 15.9. The molecule has 0 aromatic carbocycles. The first-order valence-electron chi connectivity index (χ1n) is 5.94. The minimum atomic E-state index is -2.55. The first-order chi connectivity index (χ1) is 8.77. The van der Waals surface area contributed by atoms with E-state index in [4.69, 9.17) is 11.6 Å². The van der Waals surface area contributed by atoms with Gasteiger partial charge in [0.25, 0.3) is 12.0 Å². The van der Waals surface area contributed by atoms with Gasteiger partial charge in [0.2, 0.25) is 0 Å². The van der Waals surface area contributed by atoms with Gasteiger partial charge in [0.05, 0.1) is 6.54 Å². The van der Waals surface area contributed by atoms with Crippen LogP contribution >= 0.6 is 11.6 Å². The summed E-state index contributed by atoms with van der Waals surface area (Å²) in [5.41, 5.74) is -0.826. The van der Waals surface area contributed by atoms with Gasteiger partial charge in [0.15, 0.2) is 5.82 Å². The zero-order valence-electron chi connectivity index (χ0n) is 11.2.